The third-order valence-electron chi connectivity index (χ3n) is 4.12. The second-order valence-electron chi connectivity index (χ2n) is 5.77. The number of nitrogens with zero attached hydrogens (tertiary/aromatic N) is 4. The third kappa shape index (κ3) is 4.05. The summed E-state index contributed by atoms with van der Waals surface area (Å²) in [4.78, 5) is 12.5. The molecule has 140 valence electrons. The summed E-state index contributed by atoms with van der Waals surface area (Å²) in [6.07, 6.45) is 0. The molecule has 3 rings (SSSR count). The van der Waals surface area contributed by atoms with E-state index in [1.807, 2.05) is 37.3 Å². The lowest BCUT2D eigenvalue weighted by Crippen LogP contribution is -2.22. The van der Waals surface area contributed by atoms with E-state index in [4.69, 9.17) is 9.47 Å². The number of tetrazole rings is 1. The minimum Gasteiger partial charge on any atom is -0.493 e. The molecule has 0 aliphatic rings. The van der Waals surface area contributed by atoms with E-state index in [2.05, 4.69) is 20.8 Å². The number of carbonyl (C=O) groups excluding carboxylic acids is 1. The first-order chi connectivity index (χ1) is 13.2. The van der Waals surface area contributed by atoms with Crippen LogP contribution in [-0.4, -0.2) is 40.3 Å². The van der Waals surface area contributed by atoms with Crippen LogP contribution in [0, 0.1) is 0 Å². The van der Waals surface area contributed by atoms with Gasteiger partial charge >= 0.3 is 0 Å². The Labute approximate surface area is 157 Å². The van der Waals surface area contributed by atoms with Crippen LogP contribution in [0.5, 0.6) is 11.5 Å². The Bertz CT molecular complexity index is 939. The van der Waals surface area contributed by atoms with Gasteiger partial charge in [0.05, 0.1) is 14.2 Å². The molecule has 1 N–H and O–H groups in total. The monoisotopic (exact) mass is 367 g/mol. The molecule has 0 saturated heterocycles. The Morgan fingerprint density at radius 2 is 1.93 bits per heavy atom. The van der Waals surface area contributed by atoms with Crippen LogP contribution >= 0.6 is 0 Å². The molecule has 8 heteroatoms. The third-order valence-corrected chi connectivity index (χ3v) is 4.12. The first-order valence-electron chi connectivity index (χ1n) is 8.52. The zero-order valence-electron chi connectivity index (χ0n) is 15.5. The van der Waals surface area contributed by atoms with Crippen molar-refractivity contribution in [1.82, 2.24) is 25.5 Å². The molecule has 0 unspecified atom stereocenters. The number of hydrogen-bond acceptors (Lipinski definition) is 6. The van der Waals surface area contributed by atoms with Crippen molar-refractivity contribution in [2.24, 2.45) is 0 Å². The molecular formula is C19H21N5O3. The van der Waals surface area contributed by atoms with Crippen LogP contribution in [0.3, 0.4) is 0 Å². The van der Waals surface area contributed by atoms with Gasteiger partial charge in [-0.25, -0.2) is 4.68 Å². The van der Waals surface area contributed by atoms with E-state index in [9.17, 15) is 4.79 Å². The lowest BCUT2D eigenvalue weighted by molar-refractivity contribution is 0.0951. The largest absolute Gasteiger partial charge is 0.493 e. The van der Waals surface area contributed by atoms with E-state index in [0.717, 1.165) is 11.1 Å². The van der Waals surface area contributed by atoms with Crippen LogP contribution in [0.25, 0.3) is 11.4 Å². The number of carbonyl (C=O) groups is 1. The molecule has 0 aliphatic carbocycles. The summed E-state index contributed by atoms with van der Waals surface area (Å²) >= 11 is 0. The van der Waals surface area contributed by atoms with Crippen molar-refractivity contribution in [2.75, 3.05) is 14.2 Å². The van der Waals surface area contributed by atoms with Crippen molar-refractivity contribution in [2.45, 2.75) is 20.0 Å². The first-order valence-corrected chi connectivity index (χ1v) is 8.52. The zero-order valence-corrected chi connectivity index (χ0v) is 15.5. The van der Waals surface area contributed by atoms with Gasteiger partial charge < -0.3 is 14.8 Å². The van der Waals surface area contributed by atoms with Gasteiger partial charge in [0, 0.05) is 24.2 Å². The highest BCUT2D eigenvalue weighted by atomic mass is 16.5. The van der Waals surface area contributed by atoms with Crippen molar-refractivity contribution in [3.05, 3.63) is 53.6 Å². The van der Waals surface area contributed by atoms with E-state index in [1.165, 1.54) is 0 Å². The number of methoxy groups -OCH3 is 2. The van der Waals surface area contributed by atoms with Gasteiger partial charge in [-0.3, -0.25) is 4.79 Å². The standard InChI is InChI=1S/C19H21N5O3/c1-4-24-18(21-22-23-24)14-6-5-7-15(11-14)19(25)20-12-13-8-9-16(26-2)17(10-13)27-3/h5-11H,4,12H2,1-3H3,(H,20,25). The fourth-order valence-electron chi connectivity index (χ4n) is 2.70. The van der Waals surface area contributed by atoms with Crippen molar-refractivity contribution in [3.63, 3.8) is 0 Å². The lowest BCUT2D eigenvalue weighted by Gasteiger charge is -2.11. The van der Waals surface area contributed by atoms with E-state index in [1.54, 1.807) is 31.0 Å². The number of benzene rings is 2. The van der Waals surface area contributed by atoms with Gasteiger partial charge in [-0.1, -0.05) is 18.2 Å². The second-order valence-corrected chi connectivity index (χ2v) is 5.77. The lowest BCUT2D eigenvalue weighted by atomic mass is 10.1. The molecule has 0 spiro atoms. The van der Waals surface area contributed by atoms with E-state index in [0.29, 0.717) is 36.0 Å². The summed E-state index contributed by atoms with van der Waals surface area (Å²) in [5, 5.41) is 14.6. The summed E-state index contributed by atoms with van der Waals surface area (Å²) in [5.41, 5.74) is 2.24. The molecule has 1 heterocycles. The SMILES string of the molecule is CCn1nnnc1-c1cccc(C(=O)NCc2ccc(OC)c(OC)c2)c1. The van der Waals surface area contributed by atoms with Gasteiger partial charge in [-0.15, -0.1) is 5.10 Å². The van der Waals surface area contributed by atoms with Crippen molar-refractivity contribution in [3.8, 4) is 22.9 Å². The van der Waals surface area contributed by atoms with Gasteiger partial charge in [-0.2, -0.15) is 0 Å². The van der Waals surface area contributed by atoms with Gasteiger partial charge in [0.1, 0.15) is 0 Å². The van der Waals surface area contributed by atoms with E-state index in [-0.39, 0.29) is 5.91 Å². The zero-order chi connectivity index (χ0) is 19.2. The summed E-state index contributed by atoms with van der Waals surface area (Å²) in [6, 6.07) is 12.8. The van der Waals surface area contributed by atoms with Crippen LogP contribution < -0.4 is 14.8 Å². The van der Waals surface area contributed by atoms with Crippen LogP contribution in [0.4, 0.5) is 0 Å². The maximum absolute atomic E-state index is 12.5. The Kier molecular flexibility index (Phi) is 5.65. The Balaban J connectivity index is 1.73. The van der Waals surface area contributed by atoms with Crippen molar-refractivity contribution >= 4 is 5.91 Å². The summed E-state index contributed by atoms with van der Waals surface area (Å²) in [6.45, 7) is 2.98. The topological polar surface area (TPSA) is 91.2 Å². The smallest absolute Gasteiger partial charge is 0.251 e. The van der Waals surface area contributed by atoms with Crippen molar-refractivity contribution < 1.29 is 14.3 Å². The van der Waals surface area contributed by atoms with Crippen molar-refractivity contribution in [1.29, 1.82) is 0 Å². The van der Waals surface area contributed by atoms with Crippen LogP contribution in [0.2, 0.25) is 0 Å². The summed E-state index contributed by atoms with van der Waals surface area (Å²) < 4.78 is 12.2. The molecule has 1 aromatic heterocycles. The predicted molar refractivity (Wildman–Crippen MR) is 99.6 cm³/mol. The fraction of sp³-hybridized carbons (Fsp3) is 0.263. The minimum absolute atomic E-state index is 0.179. The number of hydrogen-bond donors (Lipinski definition) is 1. The molecule has 3 aromatic rings. The van der Waals surface area contributed by atoms with Crippen LogP contribution in [0.1, 0.15) is 22.8 Å². The number of rotatable bonds is 7. The van der Waals surface area contributed by atoms with Crippen LogP contribution in [-0.2, 0) is 13.1 Å². The molecule has 0 radical (unpaired) electrons. The number of aromatic nitrogens is 4. The average Bonchev–Trinajstić information content (AvgIpc) is 3.20. The molecule has 1 amide bonds. The molecule has 27 heavy (non-hydrogen) atoms. The number of nitrogens with one attached hydrogen (secondary N) is 1. The molecule has 2 aromatic carbocycles. The molecule has 0 aliphatic heterocycles. The number of amides is 1. The molecule has 0 fully saturated rings. The first kappa shape index (κ1) is 18.4. The number of ether oxygens (including phenoxy) is 2. The molecule has 8 nitrogen and oxygen atoms in total. The molecule has 0 bridgehead atoms. The number of aryl methyl sites for hydroxylation is 1. The maximum atomic E-state index is 12.5. The van der Waals surface area contributed by atoms with Gasteiger partial charge in [0.15, 0.2) is 17.3 Å². The Morgan fingerprint density at radius 3 is 2.67 bits per heavy atom. The quantitative estimate of drug-likeness (QED) is 0.689. The highest BCUT2D eigenvalue weighted by Crippen LogP contribution is 2.27. The van der Waals surface area contributed by atoms with Gasteiger partial charge in [-0.05, 0) is 47.2 Å². The van der Waals surface area contributed by atoms with E-state index >= 15 is 0 Å². The fourth-order valence-corrected chi connectivity index (χ4v) is 2.70. The van der Waals surface area contributed by atoms with Gasteiger partial charge in [0.25, 0.3) is 5.91 Å². The summed E-state index contributed by atoms with van der Waals surface area (Å²) in [5.74, 6) is 1.72. The summed E-state index contributed by atoms with van der Waals surface area (Å²) in [7, 11) is 3.16. The molecule has 0 atom stereocenters. The average molecular weight is 367 g/mol. The Morgan fingerprint density at radius 1 is 1.11 bits per heavy atom. The maximum Gasteiger partial charge on any atom is 0.251 e. The van der Waals surface area contributed by atoms with Gasteiger partial charge in [0.2, 0.25) is 0 Å². The predicted octanol–water partition coefficient (Wildman–Crippen LogP) is 2.31. The highest BCUT2D eigenvalue weighted by molar-refractivity contribution is 5.95. The van der Waals surface area contributed by atoms with E-state index < -0.39 is 0 Å². The molecule has 0 saturated carbocycles. The second kappa shape index (κ2) is 8.31. The minimum atomic E-state index is -0.179. The normalized spacial score (nSPS) is 10.5. The Hall–Kier alpha value is -3.42. The molecular weight excluding hydrogens is 346 g/mol. The van der Waals surface area contributed by atoms with Crippen LogP contribution in [0.15, 0.2) is 42.5 Å². The highest BCUT2D eigenvalue weighted by Gasteiger charge is 2.12.